The summed E-state index contributed by atoms with van der Waals surface area (Å²) in [6.07, 6.45) is -5.06. The van der Waals surface area contributed by atoms with E-state index in [9.17, 15) is 18.0 Å². The number of nitrogens with zero attached hydrogens (tertiary/aromatic N) is 2. The number of hydrogen-bond donors (Lipinski definition) is 2. The minimum atomic E-state index is -5.06. The number of alkyl halides is 3. The third-order valence-electron chi connectivity index (χ3n) is 2.74. The highest BCUT2D eigenvalue weighted by molar-refractivity contribution is 5.75. The predicted octanol–water partition coefficient (Wildman–Crippen LogP) is -0.0272. The zero-order valence-corrected chi connectivity index (χ0v) is 12.9. The van der Waals surface area contributed by atoms with Gasteiger partial charge in [-0.25, -0.2) is 4.79 Å². The van der Waals surface area contributed by atoms with Gasteiger partial charge in [0.25, 0.3) is 0 Å². The lowest BCUT2D eigenvalue weighted by atomic mass is 10.3. The Balaban J connectivity index is 2.45. The van der Waals surface area contributed by atoms with E-state index >= 15 is 0 Å². The highest BCUT2D eigenvalue weighted by Gasteiger charge is 2.41. The van der Waals surface area contributed by atoms with Crippen molar-refractivity contribution in [2.75, 3.05) is 33.0 Å². The summed E-state index contributed by atoms with van der Waals surface area (Å²) in [5.74, 6) is -2.28. The molecule has 138 valence electrons. The number of aliphatic hydroxyl groups excluding tert-OH is 1. The Morgan fingerprint density at radius 2 is 1.92 bits per heavy atom. The van der Waals surface area contributed by atoms with Gasteiger partial charge in [-0.2, -0.15) is 18.3 Å². The second-order valence-corrected chi connectivity index (χ2v) is 4.60. The molecule has 0 atom stereocenters. The van der Waals surface area contributed by atoms with Gasteiger partial charge in [-0.05, 0) is 6.07 Å². The average Bonchev–Trinajstić information content (AvgIpc) is 2.93. The molecule has 0 aliphatic carbocycles. The summed E-state index contributed by atoms with van der Waals surface area (Å²) in [6.45, 7) is 0.982. The van der Waals surface area contributed by atoms with Crippen LogP contribution in [0.15, 0.2) is 6.07 Å². The van der Waals surface area contributed by atoms with Gasteiger partial charge >= 0.3 is 12.1 Å². The van der Waals surface area contributed by atoms with E-state index in [-0.39, 0.29) is 31.1 Å². The van der Waals surface area contributed by atoms with Crippen molar-refractivity contribution in [2.45, 2.75) is 25.9 Å². The summed E-state index contributed by atoms with van der Waals surface area (Å²) >= 11 is 0. The molecule has 1 aromatic rings. The molecule has 0 amide bonds. The fourth-order valence-electron chi connectivity index (χ4n) is 1.68. The van der Waals surface area contributed by atoms with Crippen LogP contribution in [-0.2, 0) is 38.8 Å². The summed E-state index contributed by atoms with van der Waals surface area (Å²) in [7, 11) is 0. The maximum absolute atomic E-state index is 12.1. The van der Waals surface area contributed by atoms with Gasteiger partial charge in [0, 0.05) is 6.54 Å². The Hall–Kier alpha value is -1.69. The predicted molar refractivity (Wildman–Crippen MR) is 74.7 cm³/mol. The smallest absolute Gasteiger partial charge is 0.453 e. The number of ether oxygens (including phenoxy) is 3. The molecule has 3 N–H and O–H groups in total. The van der Waals surface area contributed by atoms with Crippen LogP contribution in [0.25, 0.3) is 0 Å². The molecule has 0 radical (unpaired) electrons. The minimum Gasteiger partial charge on any atom is -0.453 e. The Morgan fingerprint density at radius 3 is 2.50 bits per heavy atom. The molecule has 0 aliphatic heterocycles. The van der Waals surface area contributed by atoms with E-state index in [1.165, 1.54) is 10.7 Å². The molecule has 0 fully saturated rings. The van der Waals surface area contributed by atoms with Gasteiger partial charge in [-0.1, -0.05) is 0 Å². The van der Waals surface area contributed by atoms with Gasteiger partial charge < -0.3 is 25.1 Å². The van der Waals surface area contributed by atoms with Crippen molar-refractivity contribution in [3.05, 3.63) is 17.5 Å². The Kier molecular flexibility index (Phi) is 8.68. The van der Waals surface area contributed by atoms with Gasteiger partial charge in [-0.15, -0.1) is 0 Å². The summed E-state index contributed by atoms with van der Waals surface area (Å²) in [6, 6.07) is 1.36. The Morgan fingerprint density at radius 1 is 1.25 bits per heavy atom. The van der Waals surface area contributed by atoms with Crippen LogP contribution in [0.4, 0.5) is 13.2 Å². The van der Waals surface area contributed by atoms with Crippen LogP contribution >= 0.6 is 0 Å². The number of halogens is 3. The van der Waals surface area contributed by atoms with E-state index in [0.717, 1.165) is 0 Å². The van der Waals surface area contributed by atoms with Crippen molar-refractivity contribution in [3.8, 4) is 0 Å². The maximum Gasteiger partial charge on any atom is 0.490 e. The molecule has 0 aliphatic rings. The molecule has 0 unspecified atom stereocenters. The van der Waals surface area contributed by atoms with Crippen molar-refractivity contribution < 1.29 is 37.3 Å². The first-order valence-electron chi connectivity index (χ1n) is 7.14. The molecule has 0 bridgehead atoms. The molecule has 0 saturated carbocycles. The molecule has 0 saturated heterocycles. The third-order valence-corrected chi connectivity index (χ3v) is 2.74. The van der Waals surface area contributed by atoms with E-state index in [1.54, 1.807) is 0 Å². The highest BCUT2D eigenvalue weighted by Crippen LogP contribution is 2.18. The van der Waals surface area contributed by atoms with Crippen LogP contribution in [0, 0.1) is 0 Å². The fourth-order valence-corrected chi connectivity index (χ4v) is 1.68. The van der Waals surface area contributed by atoms with E-state index < -0.39 is 18.8 Å². The van der Waals surface area contributed by atoms with E-state index in [0.29, 0.717) is 26.4 Å². The topological polar surface area (TPSA) is 109 Å². The van der Waals surface area contributed by atoms with Crippen LogP contribution in [0.5, 0.6) is 0 Å². The number of aromatic nitrogens is 2. The quantitative estimate of drug-likeness (QED) is 0.424. The van der Waals surface area contributed by atoms with Crippen LogP contribution in [0.2, 0.25) is 0 Å². The number of rotatable bonds is 11. The first-order valence-corrected chi connectivity index (χ1v) is 7.14. The fraction of sp³-hybridized carbons (Fsp3) is 0.692. The molecular formula is C13H20F3N3O5. The average molecular weight is 355 g/mol. The molecule has 11 heteroatoms. The minimum absolute atomic E-state index is 0.218. The second-order valence-electron chi connectivity index (χ2n) is 4.60. The monoisotopic (exact) mass is 355 g/mol. The van der Waals surface area contributed by atoms with Crippen molar-refractivity contribution >= 4 is 5.97 Å². The van der Waals surface area contributed by atoms with E-state index in [1.807, 2.05) is 0 Å². The number of hydrogen-bond acceptors (Lipinski definition) is 7. The van der Waals surface area contributed by atoms with Gasteiger partial charge in [0.15, 0.2) is 0 Å². The maximum atomic E-state index is 12.1. The van der Waals surface area contributed by atoms with Crippen molar-refractivity contribution in [1.29, 1.82) is 0 Å². The summed E-state index contributed by atoms with van der Waals surface area (Å²) in [5.41, 5.74) is 5.72. The second kappa shape index (κ2) is 10.2. The lowest BCUT2D eigenvalue weighted by Crippen LogP contribution is -2.25. The van der Waals surface area contributed by atoms with Crippen molar-refractivity contribution in [1.82, 2.24) is 9.78 Å². The standard InChI is InChI=1S/C13H20F3N3O5/c14-13(15,16)12(21)24-9-11-7-10(8-20)18-19(11)2-4-23-6-5-22-3-1-17/h7,20H,1-6,8-9,17H2. The number of aliphatic hydroxyl groups is 1. The van der Waals surface area contributed by atoms with Gasteiger partial charge in [0.2, 0.25) is 0 Å². The summed E-state index contributed by atoms with van der Waals surface area (Å²) in [4.78, 5) is 10.7. The Bertz CT molecular complexity index is 508. The van der Waals surface area contributed by atoms with Gasteiger partial charge in [0.1, 0.15) is 6.61 Å². The number of carbonyl (C=O) groups excluding carboxylic acids is 1. The molecule has 0 aromatic carbocycles. The molecule has 8 nitrogen and oxygen atoms in total. The van der Waals surface area contributed by atoms with E-state index in [2.05, 4.69) is 9.84 Å². The molecule has 0 spiro atoms. The zero-order valence-electron chi connectivity index (χ0n) is 12.9. The number of nitrogens with two attached hydrogens (primary N) is 1. The third kappa shape index (κ3) is 7.25. The molecule has 1 heterocycles. The van der Waals surface area contributed by atoms with Crippen LogP contribution in [0.1, 0.15) is 11.4 Å². The van der Waals surface area contributed by atoms with Crippen molar-refractivity contribution in [3.63, 3.8) is 0 Å². The van der Waals surface area contributed by atoms with Gasteiger partial charge in [0.05, 0.1) is 51.0 Å². The van der Waals surface area contributed by atoms with E-state index in [4.69, 9.17) is 20.3 Å². The van der Waals surface area contributed by atoms with Crippen LogP contribution in [0.3, 0.4) is 0 Å². The lowest BCUT2D eigenvalue weighted by Gasteiger charge is -2.10. The normalized spacial score (nSPS) is 11.7. The molecule has 1 rings (SSSR count). The first kappa shape index (κ1) is 20.4. The molecule has 24 heavy (non-hydrogen) atoms. The SMILES string of the molecule is NCCOCCOCCn1nc(CO)cc1COC(=O)C(F)(F)F. The Labute approximate surface area is 136 Å². The zero-order chi connectivity index (χ0) is 18.0. The number of esters is 1. The van der Waals surface area contributed by atoms with Crippen LogP contribution < -0.4 is 5.73 Å². The first-order chi connectivity index (χ1) is 11.4. The largest absolute Gasteiger partial charge is 0.490 e. The van der Waals surface area contributed by atoms with Crippen molar-refractivity contribution in [2.24, 2.45) is 5.73 Å². The lowest BCUT2D eigenvalue weighted by molar-refractivity contribution is -0.201. The summed E-state index contributed by atoms with van der Waals surface area (Å²) < 4.78 is 52.3. The summed E-state index contributed by atoms with van der Waals surface area (Å²) in [5, 5.41) is 13.0. The highest BCUT2D eigenvalue weighted by atomic mass is 19.4. The van der Waals surface area contributed by atoms with Gasteiger partial charge in [-0.3, -0.25) is 4.68 Å². The molecule has 1 aromatic heterocycles. The molecular weight excluding hydrogens is 335 g/mol. The number of carbonyl (C=O) groups is 1. The van der Waals surface area contributed by atoms with Crippen LogP contribution in [-0.4, -0.2) is 60.0 Å².